The van der Waals surface area contributed by atoms with Crippen LogP contribution in [0.3, 0.4) is 0 Å². The third kappa shape index (κ3) is 3.04. The maximum absolute atomic E-state index is 4.38. The molecule has 1 N–H and O–H groups in total. The first kappa shape index (κ1) is 10.6. The van der Waals surface area contributed by atoms with Gasteiger partial charge in [0.25, 0.3) is 0 Å². The predicted octanol–water partition coefficient (Wildman–Crippen LogP) is 3.83. The summed E-state index contributed by atoms with van der Waals surface area (Å²) in [5.74, 6) is 0.928. The van der Waals surface area contributed by atoms with Crippen LogP contribution in [0.15, 0.2) is 33.4 Å². The molecular weight excluding hydrogens is 272 g/mol. The zero-order valence-corrected chi connectivity index (χ0v) is 10.7. The van der Waals surface area contributed by atoms with Crippen molar-refractivity contribution in [3.63, 3.8) is 0 Å². The Morgan fingerprint density at radius 3 is 3.00 bits per heavy atom. The molecule has 2 rings (SSSR count). The summed E-state index contributed by atoms with van der Waals surface area (Å²) in [4.78, 5) is 4.38. The Morgan fingerprint density at radius 1 is 1.47 bits per heavy atom. The van der Waals surface area contributed by atoms with Gasteiger partial charge in [0.1, 0.15) is 5.82 Å². The number of hydrogen-bond donors (Lipinski definition) is 1. The Hall–Kier alpha value is -0.870. The van der Waals surface area contributed by atoms with E-state index in [9.17, 15) is 0 Å². The third-order valence-corrected chi connectivity index (χ3v) is 3.54. The molecule has 2 aromatic rings. The van der Waals surface area contributed by atoms with E-state index in [2.05, 4.69) is 37.7 Å². The van der Waals surface area contributed by atoms with Crippen LogP contribution in [-0.2, 0) is 6.54 Å². The van der Waals surface area contributed by atoms with E-state index in [1.165, 1.54) is 5.56 Å². The lowest BCUT2D eigenvalue weighted by molar-refractivity contribution is 1.10. The van der Waals surface area contributed by atoms with Gasteiger partial charge in [-0.3, -0.25) is 0 Å². The topological polar surface area (TPSA) is 24.9 Å². The molecular formula is C11H11BrN2S. The molecule has 0 amide bonds. The standard InChI is InChI=1S/C11H11BrN2S/c1-8-3-2-4-11(14-8)13-6-9-5-10(12)15-7-9/h2-5,7H,6H2,1H3,(H,13,14). The zero-order valence-electron chi connectivity index (χ0n) is 8.33. The molecule has 2 aromatic heterocycles. The predicted molar refractivity (Wildman–Crippen MR) is 68.3 cm³/mol. The highest BCUT2D eigenvalue weighted by atomic mass is 79.9. The van der Waals surface area contributed by atoms with Crippen LogP contribution in [0.4, 0.5) is 5.82 Å². The summed E-state index contributed by atoms with van der Waals surface area (Å²) in [6.45, 7) is 2.81. The Morgan fingerprint density at radius 2 is 2.33 bits per heavy atom. The number of thiophene rings is 1. The Labute approximate surface area is 101 Å². The summed E-state index contributed by atoms with van der Waals surface area (Å²) in [6.07, 6.45) is 0. The number of anilines is 1. The Kier molecular flexibility index (Phi) is 3.38. The smallest absolute Gasteiger partial charge is 0.126 e. The number of pyridine rings is 1. The molecule has 0 unspecified atom stereocenters. The fourth-order valence-corrected chi connectivity index (χ4v) is 2.48. The number of hydrogen-bond acceptors (Lipinski definition) is 3. The van der Waals surface area contributed by atoms with Gasteiger partial charge < -0.3 is 5.32 Å². The van der Waals surface area contributed by atoms with Gasteiger partial charge in [0.2, 0.25) is 0 Å². The summed E-state index contributed by atoms with van der Waals surface area (Å²) in [5, 5.41) is 5.42. The molecule has 0 aromatic carbocycles. The van der Waals surface area contributed by atoms with Crippen molar-refractivity contribution < 1.29 is 0 Å². The van der Waals surface area contributed by atoms with Crippen LogP contribution >= 0.6 is 27.3 Å². The fourth-order valence-electron chi connectivity index (χ4n) is 1.27. The molecule has 15 heavy (non-hydrogen) atoms. The van der Waals surface area contributed by atoms with E-state index in [0.717, 1.165) is 21.8 Å². The monoisotopic (exact) mass is 282 g/mol. The Balaban J connectivity index is 1.99. The van der Waals surface area contributed by atoms with E-state index in [1.54, 1.807) is 11.3 Å². The average Bonchev–Trinajstić information content (AvgIpc) is 2.62. The summed E-state index contributed by atoms with van der Waals surface area (Å²) in [6, 6.07) is 8.10. The second kappa shape index (κ2) is 4.77. The van der Waals surface area contributed by atoms with Crippen molar-refractivity contribution in [1.29, 1.82) is 0 Å². The highest BCUT2D eigenvalue weighted by molar-refractivity contribution is 9.11. The molecule has 0 atom stereocenters. The zero-order chi connectivity index (χ0) is 10.7. The largest absolute Gasteiger partial charge is 0.366 e. The minimum Gasteiger partial charge on any atom is -0.366 e. The molecule has 0 spiro atoms. The number of rotatable bonds is 3. The van der Waals surface area contributed by atoms with Crippen LogP contribution in [-0.4, -0.2) is 4.98 Å². The highest BCUT2D eigenvalue weighted by Gasteiger charge is 1.98. The van der Waals surface area contributed by atoms with Gasteiger partial charge in [0.15, 0.2) is 0 Å². The van der Waals surface area contributed by atoms with E-state index < -0.39 is 0 Å². The SMILES string of the molecule is Cc1cccc(NCc2csc(Br)c2)n1. The van der Waals surface area contributed by atoms with Crippen LogP contribution in [0.1, 0.15) is 11.3 Å². The van der Waals surface area contributed by atoms with Crippen LogP contribution in [0.2, 0.25) is 0 Å². The van der Waals surface area contributed by atoms with Crippen molar-refractivity contribution >= 4 is 33.1 Å². The quantitative estimate of drug-likeness (QED) is 0.926. The van der Waals surface area contributed by atoms with Crippen molar-refractivity contribution in [3.05, 3.63) is 44.7 Å². The number of aryl methyl sites for hydroxylation is 1. The molecule has 4 heteroatoms. The van der Waals surface area contributed by atoms with Crippen molar-refractivity contribution in [2.45, 2.75) is 13.5 Å². The normalized spacial score (nSPS) is 10.3. The molecule has 0 radical (unpaired) electrons. The van der Waals surface area contributed by atoms with E-state index in [0.29, 0.717) is 0 Å². The first-order valence-corrected chi connectivity index (χ1v) is 6.32. The highest BCUT2D eigenvalue weighted by Crippen LogP contribution is 2.21. The maximum atomic E-state index is 4.38. The van der Waals surface area contributed by atoms with Crippen molar-refractivity contribution in [2.75, 3.05) is 5.32 Å². The molecule has 0 saturated heterocycles. The van der Waals surface area contributed by atoms with E-state index in [4.69, 9.17) is 0 Å². The van der Waals surface area contributed by atoms with E-state index in [1.807, 2.05) is 25.1 Å². The first-order valence-electron chi connectivity index (χ1n) is 4.64. The van der Waals surface area contributed by atoms with Gasteiger partial charge in [0.05, 0.1) is 3.79 Å². The molecule has 2 heterocycles. The summed E-state index contributed by atoms with van der Waals surface area (Å²) in [5.41, 5.74) is 2.31. The molecule has 0 bridgehead atoms. The minimum atomic E-state index is 0.818. The first-order chi connectivity index (χ1) is 7.24. The Bertz CT molecular complexity index is 453. The van der Waals surface area contributed by atoms with Gasteiger partial charge in [-0.2, -0.15) is 0 Å². The van der Waals surface area contributed by atoms with E-state index in [-0.39, 0.29) is 0 Å². The minimum absolute atomic E-state index is 0.818. The number of halogens is 1. The van der Waals surface area contributed by atoms with Crippen LogP contribution in [0.25, 0.3) is 0 Å². The molecule has 0 saturated carbocycles. The maximum Gasteiger partial charge on any atom is 0.126 e. The summed E-state index contributed by atoms with van der Waals surface area (Å²) in [7, 11) is 0. The summed E-state index contributed by atoms with van der Waals surface area (Å²) < 4.78 is 1.16. The van der Waals surface area contributed by atoms with Crippen LogP contribution in [0, 0.1) is 6.92 Å². The van der Waals surface area contributed by atoms with Crippen molar-refractivity contribution in [1.82, 2.24) is 4.98 Å². The lowest BCUT2D eigenvalue weighted by atomic mass is 10.3. The second-order valence-corrected chi connectivity index (χ2v) is 5.57. The van der Waals surface area contributed by atoms with Crippen LogP contribution in [0.5, 0.6) is 0 Å². The second-order valence-electron chi connectivity index (χ2n) is 3.28. The molecule has 0 aliphatic heterocycles. The molecule has 78 valence electrons. The fraction of sp³-hybridized carbons (Fsp3) is 0.182. The molecule has 0 aliphatic rings. The van der Waals surface area contributed by atoms with Gasteiger partial charge in [0, 0.05) is 12.2 Å². The van der Waals surface area contributed by atoms with Gasteiger partial charge in [-0.15, -0.1) is 11.3 Å². The van der Waals surface area contributed by atoms with Crippen LogP contribution < -0.4 is 5.32 Å². The average molecular weight is 283 g/mol. The lowest BCUT2D eigenvalue weighted by Crippen LogP contribution is -2.00. The molecule has 0 aliphatic carbocycles. The molecule has 2 nitrogen and oxygen atoms in total. The van der Waals surface area contributed by atoms with Gasteiger partial charge >= 0.3 is 0 Å². The summed E-state index contributed by atoms with van der Waals surface area (Å²) >= 11 is 5.14. The van der Waals surface area contributed by atoms with Gasteiger partial charge in [-0.05, 0) is 52.0 Å². The van der Waals surface area contributed by atoms with Gasteiger partial charge in [-0.1, -0.05) is 6.07 Å². The lowest BCUT2D eigenvalue weighted by Gasteiger charge is -2.04. The number of aromatic nitrogens is 1. The van der Waals surface area contributed by atoms with Crippen molar-refractivity contribution in [3.8, 4) is 0 Å². The third-order valence-electron chi connectivity index (χ3n) is 1.98. The van der Waals surface area contributed by atoms with Gasteiger partial charge in [-0.25, -0.2) is 4.98 Å². The number of nitrogens with zero attached hydrogens (tertiary/aromatic N) is 1. The number of nitrogens with one attached hydrogen (secondary N) is 1. The molecule has 0 fully saturated rings. The van der Waals surface area contributed by atoms with E-state index >= 15 is 0 Å². The van der Waals surface area contributed by atoms with Crippen molar-refractivity contribution in [2.24, 2.45) is 0 Å².